The SMILES string of the molecule is CCOC(CCNC(=NC)NC1CCCC(C(F)(F)F)C1)C(C)C. The summed E-state index contributed by atoms with van der Waals surface area (Å²) in [5.41, 5.74) is 0. The quantitative estimate of drug-likeness (QED) is 0.543. The molecule has 0 radical (unpaired) electrons. The number of guanidine groups is 1. The van der Waals surface area contributed by atoms with Crippen LogP contribution in [0.5, 0.6) is 0 Å². The number of nitrogens with zero attached hydrogens (tertiary/aromatic N) is 1. The van der Waals surface area contributed by atoms with Crippen molar-refractivity contribution in [3.05, 3.63) is 0 Å². The van der Waals surface area contributed by atoms with Crippen LogP contribution in [-0.4, -0.2) is 44.5 Å². The first kappa shape index (κ1) is 21.1. The normalized spacial score (nSPS) is 24.1. The van der Waals surface area contributed by atoms with Gasteiger partial charge in [0, 0.05) is 26.2 Å². The van der Waals surface area contributed by atoms with Crippen molar-refractivity contribution >= 4 is 5.96 Å². The fourth-order valence-corrected chi connectivity index (χ4v) is 3.16. The minimum absolute atomic E-state index is 0.123. The van der Waals surface area contributed by atoms with Gasteiger partial charge in [-0.05, 0) is 38.5 Å². The first-order chi connectivity index (χ1) is 11.3. The molecule has 0 amide bonds. The maximum Gasteiger partial charge on any atom is 0.391 e. The molecule has 1 rings (SSSR count). The summed E-state index contributed by atoms with van der Waals surface area (Å²) in [6.07, 6.45) is -1.39. The number of nitrogens with one attached hydrogen (secondary N) is 2. The molecule has 4 nitrogen and oxygen atoms in total. The van der Waals surface area contributed by atoms with E-state index in [4.69, 9.17) is 4.74 Å². The molecule has 0 aromatic carbocycles. The van der Waals surface area contributed by atoms with E-state index in [1.807, 2.05) is 6.92 Å². The van der Waals surface area contributed by atoms with Crippen LogP contribution < -0.4 is 10.6 Å². The average molecular weight is 351 g/mol. The number of ether oxygens (including phenoxy) is 1. The highest BCUT2D eigenvalue weighted by Crippen LogP contribution is 2.37. The van der Waals surface area contributed by atoms with E-state index in [2.05, 4.69) is 29.5 Å². The van der Waals surface area contributed by atoms with Crippen LogP contribution in [0.1, 0.15) is 52.9 Å². The van der Waals surface area contributed by atoms with Gasteiger partial charge < -0.3 is 15.4 Å². The Kier molecular flexibility index (Phi) is 8.87. The predicted molar refractivity (Wildman–Crippen MR) is 91.2 cm³/mol. The second-order valence-corrected chi connectivity index (χ2v) is 6.77. The molecule has 7 heteroatoms. The molecule has 0 spiro atoms. The molecule has 0 aliphatic heterocycles. The molecule has 3 atom stereocenters. The average Bonchev–Trinajstić information content (AvgIpc) is 2.52. The molecular formula is C17H32F3N3O. The zero-order chi connectivity index (χ0) is 18.2. The Hall–Kier alpha value is -0.980. The monoisotopic (exact) mass is 351 g/mol. The van der Waals surface area contributed by atoms with Gasteiger partial charge in [-0.15, -0.1) is 0 Å². The van der Waals surface area contributed by atoms with Crippen molar-refractivity contribution in [2.24, 2.45) is 16.8 Å². The van der Waals surface area contributed by atoms with Gasteiger partial charge in [0.2, 0.25) is 0 Å². The highest BCUT2D eigenvalue weighted by molar-refractivity contribution is 5.79. The van der Waals surface area contributed by atoms with Crippen molar-refractivity contribution in [3.8, 4) is 0 Å². The van der Waals surface area contributed by atoms with Crippen molar-refractivity contribution in [1.29, 1.82) is 0 Å². The van der Waals surface area contributed by atoms with Crippen LogP contribution in [0.25, 0.3) is 0 Å². The van der Waals surface area contributed by atoms with E-state index < -0.39 is 12.1 Å². The van der Waals surface area contributed by atoms with Crippen LogP contribution in [0, 0.1) is 11.8 Å². The highest BCUT2D eigenvalue weighted by Gasteiger charge is 2.42. The Labute approximate surface area is 143 Å². The Bertz CT molecular complexity index is 386. The lowest BCUT2D eigenvalue weighted by Crippen LogP contribution is -2.47. The van der Waals surface area contributed by atoms with Crippen LogP contribution >= 0.6 is 0 Å². The Balaban J connectivity index is 2.42. The molecule has 1 aliphatic carbocycles. The van der Waals surface area contributed by atoms with Crippen molar-refractivity contribution in [2.45, 2.75) is 71.2 Å². The van der Waals surface area contributed by atoms with Crippen LogP contribution in [0.4, 0.5) is 13.2 Å². The largest absolute Gasteiger partial charge is 0.391 e. The lowest BCUT2D eigenvalue weighted by molar-refractivity contribution is -0.183. The Morgan fingerprint density at radius 3 is 2.54 bits per heavy atom. The summed E-state index contributed by atoms with van der Waals surface area (Å²) in [6.45, 7) is 7.57. The summed E-state index contributed by atoms with van der Waals surface area (Å²) in [5.74, 6) is -0.209. The van der Waals surface area contributed by atoms with E-state index in [-0.39, 0.29) is 25.0 Å². The predicted octanol–water partition coefficient (Wildman–Crippen LogP) is 3.72. The first-order valence-electron chi connectivity index (χ1n) is 8.93. The van der Waals surface area contributed by atoms with Gasteiger partial charge >= 0.3 is 6.18 Å². The second kappa shape index (κ2) is 10.1. The molecule has 3 unspecified atom stereocenters. The molecule has 0 aromatic heterocycles. The minimum Gasteiger partial charge on any atom is -0.378 e. The van der Waals surface area contributed by atoms with Crippen molar-refractivity contribution in [2.75, 3.05) is 20.2 Å². The standard InChI is InChI=1S/C17H32F3N3O/c1-5-24-15(12(2)3)9-10-22-16(21-4)23-14-8-6-7-13(11-14)17(18,19)20/h12-15H,5-11H2,1-4H3,(H2,21,22,23). The van der Waals surface area contributed by atoms with Gasteiger partial charge in [0.1, 0.15) is 0 Å². The molecule has 0 saturated heterocycles. The van der Waals surface area contributed by atoms with Crippen molar-refractivity contribution < 1.29 is 17.9 Å². The number of alkyl halides is 3. The maximum absolute atomic E-state index is 12.9. The van der Waals surface area contributed by atoms with Gasteiger partial charge in [0.25, 0.3) is 0 Å². The van der Waals surface area contributed by atoms with Crippen LogP contribution in [0.2, 0.25) is 0 Å². The molecule has 24 heavy (non-hydrogen) atoms. The number of hydrogen-bond acceptors (Lipinski definition) is 2. The zero-order valence-electron chi connectivity index (χ0n) is 15.2. The van der Waals surface area contributed by atoms with E-state index in [1.165, 1.54) is 0 Å². The number of halogens is 3. The summed E-state index contributed by atoms with van der Waals surface area (Å²) < 4.78 is 44.4. The van der Waals surface area contributed by atoms with Gasteiger partial charge in [-0.3, -0.25) is 4.99 Å². The molecule has 0 bridgehead atoms. The van der Waals surface area contributed by atoms with Crippen LogP contribution in [0.15, 0.2) is 4.99 Å². The lowest BCUT2D eigenvalue weighted by Gasteiger charge is -2.32. The smallest absolute Gasteiger partial charge is 0.378 e. The number of aliphatic imine (C=N–C) groups is 1. The molecule has 142 valence electrons. The highest BCUT2D eigenvalue weighted by atomic mass is 19.4. The molecular weight excluding hydrogens is 319 g/mol. The van der Waals surface area contributed by atoms with E-state index in [9.17, 15) is 13.2 Å². The summed E-state index contributed by atoms with van der Waals surface area (Å²) in [6, 6.07) is -0.177. The van der Waals surface area contributed by atoms with Gasteiger partial charge in [-0.2, -0.15) is 13.2 Å². The minimum atomic E-state index is -4.10. The molecule has 1 saturated carbocycles. The zero-order valence-corrected chi connectivity index (χ0v) is 15.2. The number of rotatable bonds is 7. The first-order valence-corrected chi connectivity index (χ1v) is 8.93. The fraction of sp³-hybridized carbons (Fsp3) is 0.941. The molecule has 0 heterocycles. The molecule has 1 fully saturated rings. The van der Waals surface area contributed by atoms with Crippen molar-refractivity contribution in [1.82, 2.24) is 10.6 Å². The molecule has 1 aliphatic rings. The topological polar surface area (TPSA) is 45.6 Å². The van der Waals surface area contributed by atoms with Gasteiger partial charge in [-0.1, -0.05) is 20.3 Å². The fourth-order valence-electron chi connectivity index (χ4n) is 3.16. The van der Waals surface area contributed by atoms with Crippen LogP contribution in [-0.2, 0) is 4.74 Å². The second-order valence-electron chi connectivity index (χ2n) is 6.77. The van der Waals surface area contributed by atoms with E-state index >= 15 is 0 Å². The third-order valence-electron chi connectivity index (χ3n) is 4.55. The van der Waals surface area contributed by atoms with Crippen LogP contribution in [0.3, 0.4) is 0 Å². The van der Waals surface area contributed by atoms with Gasteiger partial charge in [0.05, 0.1) is 12.0 Å². The summed E-state index contributed by atoms with van der Waals surface area (Å²) in [4.78, 5) is 4.13. The molecule has 2 N–H and O–H groups in total. The number of hydrogen-bond donors (Lipinski definition) is 2. The molecule has 0 aromatic rings. The Morgan fingerprint density at radius 1 is 1.29 bits per heavy atom. The van der Waals surface area contributed by atoms with E-state index in [0.717, 1.165) is 12.8 Å². The van der Waals surface area contributed by atoms with E-state index in [0.29, 0.717) is 31.4 Å². The van der Waals surface area contributed by atoms with Gasteiger partial charge in [-0.25, -0.2) is 0 Å². The van der Waals surface area contributed by atoms with E-state index in [1.54, 1.807) is 7.05 Å². The summed E-state index contributed by atoms with van der Waals surface area (Å²) >= 11 is 0. The maximum atomic E-state index is 12.9. The van der Waals surface area contributed by atoms with Crippen molar-refractivity contribution in [3.63, 3.8) is 0 Å². The third kappa shape index (κ3) is 7.28. The lowest BCUT2D eigenvalue weighted by atomic mass is 9.85. The third-order valence-corrected chi connectivity index (χ3v) is 4.55. The summed E-state index contributed by atoms with van der Waals surface area (Å²) in [7, 11) is 1.64. The van der Waals surface area contributed by atoms with Gasteiger partial charge in [0.15, 0.2) is 5.96 Å². The summed E-state index contributed by atoms with van der Waals surface area (Å²) in [5, 5.41) is 6.33. The Morgan fingerprint density at radius 2 is 2.00 bits per heavy atom.